The van der Waals surface area contributed by atoms with Crippen molar-refractivity contribution in [3.8, 4) is 5.75 Å². The van der Waals surface area contributed by atoms with Crippen molar-refractivity contribution < 1.29 is 19.4 Å². The highest BCUT2D eigenvalue weighted by molar-refractivity contribution is 9.10. The van der Waals surface area contributed by atoms with Crippen LogP contribution in [0.3, 0.4) is 0 Å². The Morgan fingerprint density at radius 1 is 1.53 bits per heavy atom. The molecule has 5 nitrogen and oxygen atoms in total. The average molecular weight is 276 g/mol. The minimum atomic E-state index is -1.39. The molecule has 0 fully saturated rings. The Bertz CT molecular complexity index is 369. The summed E-state index contributed by atoms with van der Waals surface area (Å²) >= 11 is 3.18. The van der Waals surface area contributed by atoms with E-state index in [1.54, 1.807) is 0 Å². The first kappa shape index (κ1) is 11.9. The lowest BCUT2D eigenvalue weighted by Gasteiger charge is -2.13. The van der Waals surface area contributed by atoms with E-state index in [1.807, 2.05) is 0 Å². The van der Waals surface area contributed by atoms with Crippen molar-refractivity contribution >= 4 is 21.9 Å². The fourth-order valence-electron chi connectivity index (χ4n) is 1.08. The average Bonchev–Trinajstić information content (AvgIpc) is 2.26. The Hall–Kier alpha value is -1.14. The maximum Gasteiger partial charge on any atom is 0.339 e. The molecule has 0 aliphatic rings. The molecule has 1 aromatic heterocycles. The molecule has 82 valence electrons. The molecule has 15 heavy (non-hydrogen) atoms. The van der Waals surface area contributed by atoms with Crippen molar-refractivity contribution in [1.29, 1.82) is 0 Å². The number of carbonyl (C=O) groups is 1. The Morgan fingerprint density at radius 2 is 2.20 bits per heavy atom. The quantitative estimate of drug-likeness (QED) is 0.836. The Balaban J connectivity index is 3.16. The molecule has 1 unspecified atom stereocenters. The normalized spacial score (nSPS) is 12.0. The van der Waals surface area contributed by atoms with E-state index < -0.39 is 12.1 Å². The minimum absolute atomic E-state index is 0.305. The van der Waals surface area contributed by atoms with E-state index in [0.717, 1.165) is 0 Å². The molecule has 1 atom stereocenters. The van der Waals surface area contributed by atoms with Crippen LogP contribution in [0.5, 0.6) is 5.75 Å². The molecule has 0 aliphatic carbocycles. The van der Waals surface area contributed by atoms with Crippen LogP contribution in [0.4, 0.5) is 0 Å². The molecule has 0 amide bonds. The molecule has 0 bridgehead atoms. The van der Waals surface area contributed by atoms with Gasteiger partial charge in [0.2, 0.25) is 0 Å². The number of hydrogen-bond acceptors (Lipinski definition) is 5. The lowest BCUT2D eigenvalue weighted by molar-refractivity contribution is -0.150. The van der Waals surface area contributed by atoms with Gasteiger partial charge in [0.05, 0.1) is 26.0 Å². The standard InChI is InChI=1S/C9H10BrNO4/c1-14-6-4-11-3-5(10)7(6)8(12)9(13)15-2/h3-4,8,12H,1-2H3. The van der Waals surface area contributed by atoms with Crippen molar-refractivity contribution in [2.45, 2.75) is 6.10 Å². The van der Waals surface area contributed by atoms with Gasteiger partial charge < -0.3 is 14.6 Å². The van der Waals surface area contributed by atoms with Crippen LogP contribution in [-0.4, -0.2) is 30.3 Å². The zero-order valence-electron chi connectivity index (χ0n) is 8.23. The van der Waals surface area contributed by atoms with Crippen LogP contribution < -0.4 is 4.74 Å². The van der Waals surface area contributed by atoms with Gasteiger partial charge in [-0.05, 0) is 15.9 Å². The molecule has 0 saturated heterocycles. The Morgan fingerprint density at radius 3 is 2.73 bits per heavy atom. The highest BCUT2D eigenvalue weighted by atomic mass is 79.9. The monoisotopic (exact) mass is 275 g/mol. The van der Waals surface area contributed by atoms with Gasteiger partial charge in [-0.2, -0.15) is 0 Å². The van der Waals surface area contributed by atoms with Gasteiger partial charge in [-0.15, -0.1) is 0 Å². The summed E-state index contributed by atoms with van der Waals surface area (Å²) in [6.45, 7) is 0. The largest absolute Gasteiger partial charge is 0.495 e. The highest BCUT2D eigenvalue weighted by Gasteiger charge is 2.24. The number of rotatable bonds is 3. The second-order valence-corrected chi connectivity index (χ2v) is 3.52. The third-order valence-electron chi connectivity index (χ3n) is 1.82. The summed E-state index contributed by atoms with van der Waals surface area (Å²) in [5, 5.41) is 9.67. The summed E-state index contributed by atoms with van der Waals surface area (Å²) in [6, 6.07) is 0. The summed E-state index contributed by atoms with van der Waals surface area (Å²) in [6.07, 6.45) is 1.48. The lowest BCUT2D eigenvalue weighted by Crippen LogP contribution is -2.15. The second-order valence-electron chi connectivity index (χ2n) is 2.66. The first-order chi connectivity index (χ1) is 7.11. The molecule has 1 rings (SSSR count). The summed E-state index contributed by atoms with van der Waals surface area (Å²) in [5.41, 5.74) is 0.305. The van der Waals surface area contributed by atoms with E-state index in [0.29, 0.717) is 15.8 Å². The van der Waals surface area contributed by atoms with Crippen LogP contribution in [0.15, 0.2) is 16.9 Å². The smallest absolute Gasteiger partial charge is 0.339 e. The predicted octanol–water partition coefficient (Wildman–Crippen LogP) is 1.06. The second kappa shape index (κ2) is 5.09. The molecule has 0 radical (unpaired) electrons. The van der Waals surface area contributed by atoms with Crippen molar-refractivity contribution in [2.75, 3.05) is 14.2 Å². The number of hydrogen-bond donors (Lipinski definition) is 1. The third-order valence-corrected chi connectivity index (χ3v) is 2.45. The maximum atomic E-state index is 11.2. The van der Waals surface area contributed by atoms with Gasteiger partial charge in [-0.1, -0.05) is 0 Å². The molecule has 1 aromatic rings. The molecule has 6 heteroatoms. The minimum Gasteiger partial charge on any atom is -0.495 e. The maximum absolute atomic E-state index is 11.2. The number of carbonyl (C=O) groups excluding carboxylic acids is 1. The van der Waals surface area contributed by atoms with Crippen LogP contribution in [0.25, 0.3) is 0 Å². The van der Waals surface area contributed by atoms with Crippen molar-refractivity contribution in [3.63, 3.8) is 0 Å². The fraction of sp³-hybridized carbons (Fsp3) is 0.333. The highest BCUT2D eigenvalue weighted by Crippen LogP contribution is 2.31. The molecule has 0 aliphatic heterocycles. The van der Waals surface area contributed by atoms with E-state index in [1.165, 1.54) is 26.6 Å². The van der Waals surface area contributed by atoms with Gasteiger partial charge in [-0.25, -0.2) is 4.79 Å². The molecular weight excluding hydrogens is 266 g/mol. The van der Waals surface area contributed by atoms with Crippen molar-refractivity contribution in [3.05, 3.63) is 22.4 Å². The van der Waals surface area contributed by atoms with Crippen molar-refractivity contribution in [1.82, 2.24) is 4.98 Å². The summed E-state index contributed by atoms with van der Waals surface area (Å²) in [7, 11) is 2.63. The summed E-state index contributed by atoms with van der Waals surface area (Å²) < 4.78 is 9.90. The molecular formula is C9H10BrNO4. The number of aromatic nitrogens is 1. The predicted molar refractivity (Wildman–Crippen MR) is 55.5 cm³/mol. The van der Waals surface area contributed by atoms with E-state index >= 15 is 0 Å². The Kier molecular flexibility index (Phi) is 4.05. The van der Waals surface area contributed by atoms with E-state index in [4.69, 9.17) is 4.74 Å². The van der Waals surface area contributed by atoms with Gasteiger partial charge in [-0.3, -0.25) is 4.98 Å². The number of pyridine rings is 1. The third kappa shape index (κ3) is 2.45. The van der Waals surface area contributed by atoms with E-state index in [-0.39, 0.29) is 0 Å². The first-order valence-corrected chi connectivity index (χ1v) is 4.84. The van der Waals surface area contributed by atoms with Gasteiger partial charge in [0, 0.05) is 10.7 Å². The number of esters is 1. The zero-order chi connectivity index (χ0) is 11.4. The SMILES string of the molecule is COC(=O)C(O)c1c(Br)cncc1OC. The number of aliphatic hydroxyl groups excluding tert-OH is 1. The van der Waals surface area contributed by atoms with Crippen LogP contribution in [0.2, 0.25) is 0 Å². The number of methoxy groups -OCH3 is 2. The molecule has 1 N–H and O–H groups in total. The van der Waals surface area contributed by atoms with Gasteiger partial charge in [0.25, 0.3) is 0 Å². The van der Waals surface area contributed by atoms with Gasteiger partial charge in [0.15, 0.2) is 6.10 Å². The van der Waals surface area contributed by atoms with Gasteiger partial charge in [0.1, 0.15) is 5.75 Å². The van der Waals surface area contributed by atoms with Crippen molar-refractivity contribution in [2.24, 2.45) is 0 Å². The van der Waals surface area contributed by atoms with Crippen LogP contribution in [0.1, 0.15) is 11.7 Å². The summed E-state index contributed by atoms with van der Waals surface area (Å²) in [5.74, 6) is -0.428. The van der Waals surface area contributed by atoms with Crippen LogP contribution in [0, 0.1) is 0 Å². The topological polar surface area (TPSA) is 68.7 Å². The Labute approximate surface area is 95.2 Å². The van der Waals surface area contributed by atoms with E-state index in [9.17, 15) is 9.90 Å². The van der Waals surface area contributed by atoms with Crippen LogP contribution >= 0.6 is 15.9 Å². The molecule has 0 aromatic carbocycles. The first-order valence-electron chi connectivity index (χ1n) is 4.05. The fourth-order valence-corrected chi connectivity index (χ4v) is 1.62. The van der Waals surface area contributed by atoms with Crippen LogP contribution in [-0.2, 0) is 9.53 Å². The number of aliphatic hydroxyl groups is 1. The van der Waals surface area contributed by atoms with E-state index in [2.05, 4.69) is 25.7 Å². The lowest BCUT2D eigenvalue weighted by atomic mass is 10.1. The molecule has 1 heterocycles. The summed E-state index contributed by atoms with van der Waals surface area (Å²) in [4.78, 5) is 15.0. The zero-order valence-corrected chi connectivity index (χ0v) is 9.82. The number of nitrogens with zero attached hydrogens (tertiary/aromatic N) is 1. The van der Waals surface area contributed by atoms with Gasteiger partial charge >= 0.3 is 5.97 Å². The molecule has 0 saturated carbocycles. The number of ether oxygens (including phenoxy) is 2. The number of halogens is 1. The molecule has 0 spiro atoms.